The molecule has 0 radical (unpaired) electrons. The molecule has 35 heavy (non-hydrogen) atoms. The van der Waals surface area contributed by atoms with Gasteiger partial charge in [-0.3, -0.25) is 4.79 Å². The molecule has 2 aromatic carbocycles. The van der Waals surface area contributed by atoms with Crippen molar-refractivity contribution in [2.24, 2.45) is 0 Å². The van der Waals surface area contributed by atoms with Crippen molar-refractivity contribution in [3.05, 3.63) is 58.5 Å². The van der Waals surface area contributed by atoms with E-state index >= 15 is 0 Å². The van der Waals surface area contributed by atoms with E-state index in [-0.39, 0.29) is 5.91 Å². The van der Waals surface area contributed by atoms with E-state index in [0.29, 0.717) is 17.2 Å². The normalized spacial score (nSPS) is 13.1. The zero-order valence-corrected chi connectivity index (χ0v) is 21.5. The number of rotatable bonds is 7. The summed E-state index contributed by atoms with van der Waals surface area (Å²) in [4.78, 5) is 19.2. The van der Waals surface area contributed by atoms with Gasteiger partial charge in [-0.15, -0.1) is 22.7 Å². The molecule has 180 valence electrons. The van der Waals surface area contributed by atoms with Crippen molar-refractivity contribution in [2.45, 2.75) is 25.7 Å². The van der Waals surface area contributed by atoms with Gasteiger partial charge >= 0.3 is 0 Å². The second-order valence-corrected chi connectivity index (χ2v) is 10.3. The van der Waals surface area contributed by atoms with Gasteiger partial charge in [0.25, 0.3) is 0 Å². The van der Waals surface area contributed by atoms with Crippen LogP contribution in [0.15, 0.2) is 42.5 Å². The zero-order chi connectivity index (χ0) is 24.4. The van der Waals surface area contributed by atoms with Gasteiger partial charge in [0.1, 0.15) is 10.0 Å². The largest absolute Gasteiger partial charge is 0.493 e. The minimum atomic E-state index is -0.195. The van der Waals surface area contributed by atoms with Gasteiger partial charge in [-0.25, -0.2) is 4.98 Å². The number of fused-ring (bicyclic) bond motifs is 2. The van der Waals surface area contributed by atoms with Gasteiger partial charge < -0.3 is 19.5 Å². The van der Waals surface area contributed by atoms with Crippen molar-refractivity contribution in [2.75, 3.05) is 26.6 Å². The molecule has 2 heterocycles. The molecule has 0 fully saturated rings. The average molecular weight is 507 g/mol. The van der Waals surface area contributed by atoms with Gasteiger partial charge in [0.15, 0.2) is 11.5 Å². The highest BCUT2D eigenvalue weighted by atomic mass is 32.1. The van der Waals surface area contributed by atoms with Crippen LogP contribution in [0.2, 0.25) is 0 Å². The zero-order valence-electron chi connectivity index (χ0n) is 19.8. The number of hydrogen-bond donors (Lipinski definition) is 1. The number of benzene rings is 2. The monoisotopic (exact) mass is 506 g/mol. The number of aryl methyl sites for hydroxylation is 1. The average Bonchev–Trinajstić information content (AvgIpc) is 3.47. The van der Waals surface area contributed by atoms with Crippen molar-refractivity contribution in [3.63, 3.8) is 0 Å². The Morgan fingerprint density at radius 3 is 2.46 bits per heavy atom. The summed E-state index contributed by atoms with van der Waals surface area (Å²) in [7, 11) is 4.70. The van der Waals surface area contributed by atoms with Crippen LogP contribution in [0, 0.1) is 0 Å². The van der Waals surface area contributed by atoms with Crippen LogP contribution in [0.3, 0.4) is 0 Å². The lowest BCUT2D eigenvalue weighted by Gasteiger charge is -2.12. The van der Waals surface area contributed by atoms with Crippen molar-refractivity contribution in [1.82, 2.24) is 4.98 Å². The molecule has 0 unspecified atom stereocenters. The van der Waals surface area contributed by atoms with Crippen LogP contribution in [-0.4, -0.2) is 32.2 Å². The molecular weight excluding hydrogens is 480 g/mol. The third kappa shape index (κ3) is 4.63. The Morgan fingerprint density at radius 1 is 1.00 bits per heavy atom. The predicted octanol–water partition coefficient (Wildman–Crippen LogP) is 6.58. The van der Waals surface area contributed by atoms with Crippen LogP contribution in [0.4, 0.5) is 5.00 Å². The summed E-state index contributed by atoms with van der Waals surface area (Å²) < 4.78 is 17.4. The number of nitrogens with zero attached hydrogens (tertiary/aromatic N) is 1. The van der Waals surface area contributed by atoms with Crippen LogP contribution in [-0.2, 0) is 17.6 Å². The number of hydrogen-bond acceptors (Lipinski definition) is 7. The van der Waals surface area contributed by atoms with E-state index in [0.717, 1.165) is 50.6 Å². The Labute approximate surface area is 212 Å². The molecule has 0 spiro atoms. The van der Waals surface area contributed by atoms with E-state index in [1.807, 2.05) is 30.3 Å². The molecule has 0 bridgehead atoms. The number of thiazole rings is 1. The molecule has 0 saturated heterocycles. The van der Waals surface area contributed by atoms with Gasteiger partial charge in [-0.2, -0.15) is 0 Å². The highest BCUT2D eigenvalue weighted by molar-refractivity contribution is 7.23. The standard InChI is InChI=1S/C27H26N2O4S2/c1-31-19-14-16(15-20(32-2)25(19)33-3)12-13-23(30)29-27-24(17-8-4-6-10-21(17)34-27)26-28-18-9-5-7-11-22(18)35-26/h5,7,9,11-15H,4,6,8,10H2,1-3H3,(H,29,30)/b13-12+. The third-order valence-corrected chi connectivity index (χ3v) is 8.29. The molecule has 0 aliphatic heterocycles. The Balaban J connectivity index is 1.45. The van der Waals surface area contributed by atoms with Gasteiger partial charge in [-0.1, -0.05) is 12.1 Å². The summed E-state index contributed by atoms with van der Waals surface area (Å²) in [5, 5.41) is 4.97. The second kappa shape index (κ2) is 10.1. The molecule has 8 heteroatoms. The van der Waals surface area contributed by atoms with Crippen LogP contribution in [0.25, 0.3) is 26.9 Å². The predicted molar refractivity (Wildman–Crippen MR) is 143 cm³/mol. The number of anilines is 1. The van der Waals surface area contributed by atoms with E-state index in [2.05, 4.69) is 11.4 Å². The molecule has 1 amide bonds. The number of ether oxygens (including phenoxy) is 3. The van der Waals surface area contributed by atoms with Crippen molar-refractivity contribution < 1.29 is 19.0 Å². The molecule has 0 saturated carbocycles. The Bertz CT molecular complexity index is 1360. The van der Waals surface area contributed by atoms with Crippen molar-refractivity contribution in [3.8, 4) is 27.8 Å². The first kappa shape index (κ1) is 23.4. The number of nitrogens with one attached hydrogen (secondary N) is 1. The summed E-state index contributed by atoms with van der Waals surface area (Å²) in [5.74, 6) is 1.40. The highest BCUT2D eigenvalue weighted by Crippen LogP contribution is 2.46. The lowest BCUT2D eigenvalue weighted by molar-refractivity contribution is -0.111. The highest BCUT2D eigenvalue weighted by Gasteiger charge is 2.25. The number of carbonyl (C=O) groups excluding carboxylic acids is 1. The third-order valence-electron chi connectivity index (χ3n) is 6.03. The maximum absolute atomic E-state index is 13.0. The summed E-state index contributed by atoms with van der Waals surface area (Å²) in [5.41, 5.74) is 4.18. The lowest BCUT2D eigenvalue weighted by atomic mass is 9.96. The number of carbonyl (C=O) groups is 1. The summed E-state index contributed by atoms with van der Waals surface area (Å²) in [6, 6.07) is 11.8. The molecule has 0 atom stereocenters. The van der Waals surface area contributed by atoms with E-state index in [4.69, 9.17) is 19.2 Å². The molecule has 5 rings (SSSR count). The summed E-state index contributed by atoms with van der Waals surface area (Å²) in [6.07, 6.45) is 7.69. The Morgan fingerprint density at radius 2 is 1.74 bits per heavy atom. The van der Waals surface area contributed by atoms with E-state index in [9.17, 15) is 4.79 Å². The SMILES string of the molecule is COc1cc(/C=C/C(=O)Nc2sc3c(c2-c2nc4ccccc4s2)CCCC3)cc(OC)c1OC. The topological polar surface area (TPSA) is 69.7 Å². The molecule has 4 aromatic rings. The molecule has 1 aliphatic carbocycles. The first-order valence-corrected chi connectivity index (χ1v) is 13.0. The van der Waals surface area contributed by atoms with Gasteiger partial charge in [-0.05, 0) is 67.2 Å². The fraction of sp³-hybridized carbons (Fsp3) is 0.259. The first-order chi connectivity index (χ1) is 17.1. The Kier molecular flexibility index (Phi) is 6.74. The van der Waals surface area contributed by atoms with Crippen LogP contribution >= 0.6 is 22.7 Å². The quantitative estimate of drug-likeness (QED) is 0.287. The van der Waals surface area contributed by atoms with E-state index in [1.54, 1.807) is 50.1 Å². The van der Waals surface area contributed by atoms with Crippen LogP contribution in [0.1, 0.15) is 28.8 Å². The van der Waals surface area contributed by atoms with Gasteiger partial charge in [0.05, 0.1) is 31.5 Å². The molecule has 1 aliphatic rings. The summed E-state index contributed by atoms with van der Waals surface area (Å²) in [6.45, 7) is 0. The van der Waals surface area contributed by atoms with Crippen LogP contribution in [0.5, 0.6) is 17.2 Å². The molecule has 2 aromatic heterocycles. The Hall–Kier alpha value is -3.36. The van der Waals surface area contributed by atoms with Crippen molar-refractivity contribution in [1.29, 1.82) is 0 Å². The minimum Gasteiger partial charge on any atom is -0.493 e. The smallest absolute Gasteiger partial charge is 0.249 e. The minimum absolute atomic E-state index is 0.195. The molecular formula is C27H26N2O4S2. The number of aromatic nitrogens is 1. The number of methoxy groups -OCH3 is 3. The fourth-order valence-electron chi connectivity index (χ4n) is 4.38. The second-order valence-electron chi connectivity index (χ2n) is 8.18. The maximum atomic E-state index is 13.0. The van der Waals surface area contributed by atoms with Crippen molar-refractivity contribution >= 4 is 49.9 Å². The van der Waals surface area contributed by atoms with E-state index in [1.165, 1.54) is 22.9 Å². The number of amides is 1. The number of thiophene rings is 1. The maximum Gasteiger partial charge on any atom is 0.249 e. The number of para-hydroxylation sites is 1. The van der Waals surface area contributed by atoms with E-state index < -0.39 is 0 Å². The van der Waals surface area contributed by atoms with Crippen LogP contribution < -0.4 is 19.5 Å². The molecule has 6 nitrogen and oxygen atoms in total. The summed E-state index contributed by atoms with van der Waals surface area (Å²) >= 11 is 3.36. The van der Waals surface area contributed by atoms with Gasteiger partial charge in [0.2, 0.25) is 11.7 Å². The molecule has 1 N–H and O–H groups in total. The van der Waals surface area contributed by atoms with Gasteiger partial charge in [0, 0.05) is 16.5 Å². The fourth-order valence-corrected chi connectivity index (χ4v) is 6.79. The lowest BCUT2D eigenvalue weighted by Crippen LogP contribution is -2.07. The first-order valence-electron chi connectivity index (χ1n) is 11.4.